The molecule has 0 saturated heterocycles. The molecule has 0 unspecified atom stereocenters. The molecule has 29 heavy (non-hydrogen) atoms. The van der Waals surface area contributed by atoms with Crippen molar-refractivity contribution < 1.29 is 18.8 Å². The highest BCUT2D eigenvalue weighted by Crippen LogP contribution is 2.61. The minimum absolute atomic E-state index is 0.149. The van der Waals surface area contributed by atoms with E-state index in [1.807, 2.05) is 13.8 Å². The van der Waals surface area contributed by atoms with Gasteiger partial charge in [0, 0.05) is 17.4 Å². The number of carbonyl (C=O) groups excluding carboxylic acids is 2. The normalized spacial score (nSPS) is 30.9. The second kappa shape index (κ2) is 8.32. The highest BCUT2D eigenvalue weighted by Gasteiger charge is 2.53. The smallest absolute Gasteiger partial charge is 0.316 e. The van der Waals surface area contributed by atoms with E-state index >= 15 is 0 Å². The third-order valence-electron chi connectivity index (χ3n) is 7.39. The van der Waals surface area contributed by atoms with Crippen molar-refractivity contribution in [3.63, 3.8) is 0 Å². The quantitative estimate of drug-likeness (QED) is 0.645. The molecular formula is C22H32N2O4S. The summed E-state index contributed by atoms with van der Waals surface area (Å²) >= 11 is 1.45. The van der Waals surface area contributed by atoms with E-state index in [-0.39, 0.29) is 35.7 Å². The zero-order valence-electron chi connectivity index (χ0n) is 17.7. The fraction of sp³-hybridized carbons (Fsp3) is 0.773. The number of ether oxygens (including phenoxy) is 1. The van der Waals surface area contributed by atoms with Gasteiger partial charge in [-0.2, -0.15) is 0 Å². The van der Waals surface area contributed by atoms with Gasteiger partial charge in [-0.05, 0) is 82.5 Å². The second-order valence-corrected chi connectivity index (χ2v) is 10.5. The third kappa shape index (κ3) is 4.49. The molecule has 0 aliphatic heterocycles. The molecule has 4 aliphatic carbocycles. The summed E-state index contributed by atoms with van der Waals surface area (Å²) in [4.78, 5) is 24.4. The van der Waals surface area contributed by atoms with Gasteiger partial charge in [0.25, 0.3) is 5.91 Å². The number of hydrogen-bond donors (Lipinski definition) is 1. The SMILES string of the molecule is Cc1noc(C)c1CSCC(=O)OCC(=O)N[C@@H](C)C12CC3CC(CC(C3)C1)C2. The van der Waals surface area contributed by atoms with Crippen LogP contribution in [0.5, 0.6) is 0 Å². The average molecular weight is 421 g/mol. The van der Waals surface area contributed by atoms with Crippen LogP contribution in [0.1, 0.15) is 62.5 Å². The van der Waals surface area contributed by atoms with E-state index in [9.17, 15) is 9.59 Å². The Hall–Kier alpha value is -1.50. The summed E-state index contributed by atoms with van der Waals surface area (Å²) in [6.45, 7) is 5.71. The standard InChI is InChI=1S/C22H32N2O4S/c1-13-19(14(2)28-24-13)11-29-12-21(26)27-10-20(25)23-15(3)22-7-16-4-17(8-22)6-18(5-16)9-22/h15-18H,4-12H2,1-3H3,(H,23,25)/t15-,16?,17?,18?,22?/m0/s1. The Bertz CT molecular complexity index is 720. The van der Waals surface area contributed by atoms with Crippen LogP contribution in [0.15, 0.2) is 4.52 Å². The molecule has 1 heterocycles. The van der Waals surface area contributed by atoms with E-state index in [1.165, 1.54) is 50.3 Å². The van der Waals surface area contributed by atoms with Gasteiger partial charge in [-0.25, -0.2) is 0 Å². The molecule has 4 fully saturated rings. The number of esters is 1. The van der Waals surface area contributed by atoms with Gasteiger partial charge in [-0.3, -0.25) is 9.59 Å². The summed E-state index contributed by atoms with van der Waals surface area (Å²) in [6.07, 6.45) is 7.92. The van der Waals surface area contributed by atoms with Crippen molar-refractivity contribution in [2.24, 2.45) is 23.2 Å². The first-order valence-corrected chi connectivity index (χ1v) is 11.9. The van der Waals surface area contributed by atoms with Crippen molar-refractivity contribution in [2.75, 3.05) is 12.4 Å². The topological polar surface area (TPSA) is 81.4 Å². The highest BCUT2D eigenvalue weighted by molar-refractivity contribution is 7.99. The van der Waals surface area contributed by atoms with Crippen LogP contribution in [0.3, 0.4) is 0 Å². The predicted molar refractivity (Wildman–Crippen MR) is 111 cm³/mol. The molecule has 4 bridgehead atoms. The van der Waals surface area contributed by atoms with Gasteiger partial charge in [0.2, 0.25) is 0 Å². The first kappa shape index (κ1) is 20.8. The van der Waals surface area contributed by atoms with E-state index < -0.39 is 0 Å². The van der Waals surface area contributed by atoms with Crippen LogP contribution in [0.4, 0.5) is 0 Å². The molecule has 1 N–H and O–H groups in total. The molecule has 1 aromatic heterocycles. The highest BCUT2D eigenvalue weighted by atomic mass is 32.2. The number of carbonyl (C=O) groups is 2. The lowest BCUT2D eigenvalue weighted by molar-refractivity contribution is -0.147. The molecule has 5 rings (SSSR count). The molecule has 1 aromatic rings. The van der Waals surface area contributed by atoms with Crippen LogP contribution < -0.4 is 5.32 Å². The van der Waals surface area contributed by atoms with Crippen molar-refractivity contribution in [1.29, 1.82) is 0 Å². The van der Waals surface area contributed by atoms with Crippen LogP contribution in [0, 0.1) is 37.0 Å². The van der Waals surface area contributed by atoms with Gasteiger partial charge < -0.3 is 14.6 Å². The zero-order valence-corrected chi connectivity index (χ0v) is 18.5. The monoisotopic (exact) mass is 420 g/mol. The number of aromatic nitrogens is 1. The summed E-state index contributed by atoms with van der Waals surface area (Å²) in [6, 6.07) is 0.149. The van der Waals surface area contributed by atoms with Crippen molar-refractivity contribution in [3.8, 4) is 0 Å². The molecule has 1 amide bonds. The van der Waals surface area contributed by atoms with Gasteiger partial charge in [-0.1, -0.05) is 5.16 Å². The Morgan fingerprint density at radius 1 is 1.21 bits per heavy atom. The van der Waals surface area contributed by atoms with Crippen molar-refractivity contribution in [2.45, 2.75) is 71.1 Å². The van der Waals surface area contributed by atoms with E-state index in [0.29, 0.717) is 5.75 Å². The minimum Gasteiger partial charge on any atom is -0.455 e. The Morgan fingerprint density at radius 3 is 2.38 bits per heavy atom. The van der Waals surface area contributed by atoms with E-state index in [0.717, 1.165) is 34.8 Å². The Kier molecular flexibility index (Phi) is 5.96. The Morgan fingerprint density at radius 2 is 1.83 bits per heavy atom. The number of amides is 1. The number of nitrogens with one attached hydrogen (secondary N) is 1. The van der Waals surface area contributed by atoms with Crippen LogP contribution in [0.25, 0.3) is 0 Å². The first-order chi connectivity index (χ1) is 13.8. The van der Waals surface area contributed by atoms with Crippen LogP contribution in [0.2, 0.25) is 0 Å². The minimum atomic E-state index is -0.362. The maximum Gasteiger partial charge on any atom is 0.316 e. The number of nitrogens with zero attached hydrogens (tertiary/aromatic N) is 1. The zero-order chi connectivity index (χ0) is 20.6. The maximum atomic E-state index is 12.4. The summed E-state index contributed by atoms with van der Waals surface area (Å²) in [7, 11) is 0. The van der Waals surface area contributed by atoms with Crippen molar-refractivity contribution in [1.82, 2.24) is 10.5 Å². The van der Waals surface area contributed by atoms with E-state index in [1.54, 1.807) is 0 Å². The molecule has 0 spiro atoms. The van der Waals surface area contributed by atoms with Crippen LogP contribution in [-0.4, -0.2) is 35.4 Å². The third-order valence-corrected chi connectivity index (χ3v) is 8.33. The molecule has 1 atom stereocenters. The molecular weight excluding hydrogens is 388 g/mol. The maximum absolute atomic E-state index is 12.4. The van der Waals surface area contributed by atoms with Gasteiger partial charge in [0.1, 0.15) is 5.76 Å². The lowest BCUT2D eigenvalue weighted by Gasteiger charge is -2.59. The molecule has 0 radical (unpaired) electrons. The molecule has 160 valence electrons. The van der Waals surface area contributed by atoms with E-state index in [2.05, 4.69) is 17.4 Å². The van der Waals surface area contributed by atoms with Gasteiger partial charge >= 0.3 is 5.97 Å². The van der Waals surface area contributed by atoms with Gasteiger partial charge in [0.05, 0.1) is 11.4 Å². The molecule has 6 nitrogen and oxygen atoms in total. The van der Waals surface area contributed by atoms with Crippen LogP contribution >= 0.6 is 11.8 Å². The predicted octanol–water partition coefficient (Wildman–Crippen LogP) is 3.79. The summed E-state index contributed by atoms with van der Waals surface area (Å²) in [5.41, 5.74) is 2.13. The fourth-order valence-electron chi connectivity index (χ4n) is 6.28. The lowest BCUT2D eigenvalue weighted by atomic mass is 9.48. The summed E-state index contributed by atoms with van der Waals surface area (Å²) in [5.74, 6) is 3.65. The Labute approximate surface area is 176 Å². The number of aryl methyl sites for hydroxylation is 2. The van der Waals surface area contributed by atoms with Crippen molar-refractivity contribution in [3.05, 3.63) is 17.0 Å². The van der Waals surface area contributed by atoms with Crippen LogP contribution in [-0.2, 0) is 20.1 Å². The molecule has 0 aromatic carbocycles. The molecule has 4 aliphatic rings. The molecule has 4 saturated carbocycles. The summed E-state index contributed by atoms with van der Waals surface area (Å²) < 4.78 is 10.3. The average Bonchev–Trinajstić information content (AvgIpc) is 2.97. The number of hydrogen-bond acceptors (Lipinski definition) is 6. The second-order valence-electron chi connectivity index (χ2n) is 9.53. The largest absolute Gasteiger partial charge is 0.455 e. The first-order valence-electron chi connectivity index (χ1n) is 10.8. The fourth-order valence-corrected chi connectivity index (χ4v) is 7.24. The van der Waals surface area contributed by atoms with Crippen molar-refractivity contribution >= 4 is 23.6 Å². The lowest BCUT2D eigenvalue weighted by Crippen LogP contribution is -2.56. The molecule has 7 heteroatoms. The van der Waals surface area contributed by atoms with Gasteiger partial charge in [-0.15, -0.1) is 11.8 Å². The Balaban J connectivity index is 1.18. The van der Waals surface area contributed by atoms with E-state index in [4.69, 9.17) is 9.26 Å². The summed E-state index contributed by atoms with van der Waals surface area (Å²) in [5, 5.41) is 7.05. The number of rotatable bonds is 8. The van der Waals surface area contributed by atoms with Gasteiger partial charge in [0.15, 0.2) is 6.61 Å². The number of thioether (sulfide) groups is 1.